The van der Waals surface area contributed by atoms with Crippen molar-refractivity contribution < 1.29 is 22.4 Å². The van der Waals surface area contributed by atoms with Gasteiger partial charge in [-0.1, -0.05) is 47.5 Å². The molecule has 2 amide bonds. The maximum absolute atomic E-state index is 14.5. The van der Waals surface area contributed by atoms with Gasteiger partial charge >= 0.3 is 0 Å². The Hall–Kier alpha value is -3.43. The number of carbonyl (C=O) groups excluding carboxylic acids is 2. The molecule has 0 heterocycles. The van der Waals surface area contributed by atoms with Gasteiger partial charge in [-0.3, -0.25) is 13.9 Å². The quantitative estimate of drug-likeness (QED) is 0.382. The maximum Gasteiger partial charge on any atom is 0.264 e. The zero-order valence-electron chi connectivity index (χ0n) is 21.7. The predicted molar refractivity (Wildman–Crippen MR) is 147 cm³/mol. The molecule has 0 saturated carbocycles. The van der Waals surface area contributed by atoms with E-state index in [4.69, 9.17) is 11.6 Å². The van der Waals surface area contributed by atoms with Crippen LogP contribution in [0.3, 0.4) is 0 Å². The Balaban J connectivity index is 2.03. The van der Waals surface area contributed by atoms with Gasteiger partial charge in [0.1, 0.15) is 18.4 Å². The molecule has 0 aliphatic carbocycles. The number of benzene rings is 3. The number of sulfonamides is 1. The first kappa shape index (κ1) is 29.1. The summed E-state index contributed by atoms with van der Waals surface area (Å²) in [4.78, 5) is 27.8. The molecule has 0 spiro atoms. The number of hydrogen-bond donors (Lipinski definition) is 1. The summed E-state index contributed by atoms with van der Waals surface area (Å²) < 4.78 is 43.0. The molecule has 0 unspecified atom stereocenters. The van der Waals surface area contributed by atoms with Gasteiger partial charge in [-0.05, 0) is 70.2 Å². The SMILES string of the molecule is Cc1ccc(S(=O)(=O)N(CC(=O)N(Cc2ccccc2F)[C@H](C)C(=O)NC(C)C)c2ccc(Cl)cc2)cc1. The van der Waals surface area contributed by atoms with Crippen LogP contribution in [0.1, 0.15) is 31.9 Å². The normalized spacial score (nSPS) is 12.2. The summed E-state index contributed by atoms with van der Waals surface area (Å²) in [5, 5.41) is 3.15. The molecule has 10 heteroatoms. The zero-order valence-corrected chi connectivity index (χ0v) is 23.3. The van der Waals surface area contributed by atoms with E-state index in [2.05, 4.69) is 5.32 Å². The number of carbonyl (C=O) groups is 2. The van der Waals surface area contributed by atoms with E-state index in [0.29, 0.717) is 5.02 Å². The fourth-order valence-electron chi connectivity index (χ4n) is 3.77. The third-order valence-corrected chi connectivity index (χ3v) is 7.94. The second-order valence-corrected chi connectivity index (χ2v) is 11.6. The molecule has 3 aromatic rings. The summed E-state index contributed by atoms with van der Waals surface area (Å²) in [6.45, 7) is 6.08. The number of amides is 2. The van der Waals surface area contributed by atoms with Crippen LogP contribution >= 0.6 is 11.6 Å². The molecule has 38 heavy (non-hydrogen) atoms. The van der Waals surface area contributed by atoms with Gasteiger partial charge in [-0.2, -0.15) is 0 Å². The Morgan fingerprint density at radius 2 is 1.55 bits per heavy atom. The average Bonchev–Trinajstić information content (AvgIpc) is 2.86. The van der Waals surface area contributed by atoms with Gasteiger partial charge in [0, 0.05) is 23.2 Å². The second kappa shape index (κ2) is 12.4. The molecule has 3 rings (SSSR count). The Morgan fingerprint density at radius 1 is 0.947 bits per heavy atom. The molecule has 3 aromatic carbocycles. The summed E-state index contributed by atoms with van der Waals surface area (Å²) >= 11 is 6.02. The third-order valence-electron chi connectivity index (χ3n) is 5.90. The molecule has 1 N–H and O–H groups in total. The highest BCUT2D eigenvalue weighted by Gasteiger charge is 2.33. The number of nitrogens with zero attached hydrogens (tertiary/aromatic N) is 2. The number of halogens is 2. The van der Waals surface area contributed by atoms with E-state index in [1.165, 1.54) is 66.4 Å². The third kappa shape index (κ3) is 7.11. The van der Waals surface area contributed by atoms with Crippen molar-refractivity contribution in [2.45, 2.75) is 51.2 Å². The lowest BCUT2D eigenvalue weighted by Gasteiger charge is -2.32. The fourth-order valence-corrected chi connectivity index (χ4v) is 5.31. The minimum Gasteiger partial charge on any atom is -0.352 e. The number of aryl methyl sites for hydroxylation is 1. The summed E-state index contributed by atoms with van der Waals surface area (Å²) in [6, 6.07) is 17.0. The van der Waals surface area contributed by atoms with E-state index in [-0.39, 0.29) is 28.7 Å². The first-order valence-electron chi connectivity index (χ1n) is 12.1. The maximum atomic E-state index is 14.5. The van der Waals surface area contributed by atoms with Crippen LogP contribution in [0.25, 0.3) is 0 Å². The van der Waals surface area contributed by atoms with Gasteiger partial charge in [0.05, 0.1) is 10.6 Å². The number of nitrogens with one attached hydrogen (secondary N) is 1. The Labute approximate surface area is 228 Å². The number of rotatable bonds is 10. The second-order valence-electron chi connectivity index (χ2n) is 9.25. The van der Waals surface area contributed by atoms with Gasteiger partial charge in [-0.25, -0.2) is 12.8 Å². The highest BCUT2D eigenvalue weighted by atomic mass is 35.5. The first-order valence-corrected chi connectivity index (χ1v) is 13.9. The van der Waals surface area contributed by atoms with Crippen LogP contribution in [-0.4, -0.2) is 43.8 Å². The van der Waals surface area contributed by atoms with Crippen molar-refractivity contribution in [3.8, 4) is 0 Å². The molecular formula is C28H31ClFN3O4S. The highest BCUT2D eigenvalue weighted by Crippen LogP contribution is 2.26. The van der Waals surface area contributed by atoms with Gasteiger partial charge in [-0.15, -0.1) is 0 Å². The van der Waals surface area contributed by atoms with Crippen LogP contribution in [0.5, 0.6) is 0 Å². The molecule has 7 nitrogen and oxygen atoms in total. The van der Waals surface area contributed by atoms with Crippen LogP contribution in [-0.2, 0) is 26.2 Å². The van der Waals surface area contributed by atoms with Crippen molar-refractivity contribution in [1.82, 2.24) is 10.2 Å². The van der Waals surface area contributed by atoms with Crippen molar-refractivity contribution in [3.63, 3.8) is 0 Å². The summed E-state index contributed by atoms with van der Waals surface area (Å²) in [7, 11) is -4.19. The van der Waals surface area contributed by atoms with E-state index in [1.54, 1.807) is 32.0 Å². The molecular weight excluding hydrogens is 529 g/mol. The first-order chi connectivity index (χ1) is 17.9. The van der Waals surface area contributed by atoms with Crippen molar-refractivity contribution in [2.75, 3.05) is 10.8 Å². The van der Waals surface area contributed by atoms with E-state index < -0.39 is 40.2 Å². The standard InChI is InChI=1S/C28H31ClFN3O4S/c1-19(2)31-28(35)21(4)32(17-22-7-5-6-8-26(22)30)27(34)18-33(24-13-11-23(29)12-14-24)38(36,37)25-15-9-20(3)10-16-25/h5-16,19,21H,17-18H2,1-4H3,(H,31,35)/t21-/m1/s1. The minimum atomic E-state index is -4.19. The van der Waals surface area contributed by atoms with E-state index in [1.807, 2.05) is 6.92 Å². The Kier molecular flexibility index (Phi) is 9.51. The van der Waals surface area contributed by atoms with Crippen molar-refractivity contribution in [1.29, 1.82) is 0 Å². The molecule has 0 bridgehead atoms. The zero-order chi connectivity index (χ0) is 28.0. The van der Waals surface area contributed by atoms with E-state index in [9.17, 15) is 22.4 Å². The van der Waals surface area contributed by atoms with Crippen LogP contribution in [0.15, 0.2) is 77.7 Å². The lowest BCUT2D eigenvalue weighted by atomic mass is 10.1. The Bertz CT molecular complexity index is 1380. The highest BCUT2D eigenvalue weighted by molar-refractivity contribution is 7.92. The van der Waals surface area contributed by atoms with Gasteiger partial charge in [0.2, 0.25) is 11.8 Å². The number of anilines is 1. The number of hydrogen-bond acceptors (Lipinski definition) is 4. The molecule has 202 valence electrons. The smallest absolute Gasteiger partial charge is 0.264 e. The molecule has 0 saturated heterocycles. The van der Waals surface area contributed by atoms with Crippen LogP contribution < -0.4 is 9.62 Å². The van der Waals surface area contributed by atoms with Crippen molar-refractivity contribution >= 4 is 39.1 Å². The lowest BCUT2D eigenvalue weighted by molar-refractivity contribution is -0.139. The Morgan fingerprint density at radius 3 is 2.13 bits per heavy atom. The molecule has 0 aliphatic heterocycles. The monoisotopic (exact) mass is 559 g/mol. The van der Waals surface area contributed by atoms with Crippen molar-refractivity contribution in [3.05, 3.63) is 94.8 Å². The van der Waals surface area contributed by atoms with Crippen LogP contribution in [0, 0.1) is 12.7 Å². The molecule has 0 fully saturated rings. The van der Waals surface area contributed by atoms with Gasteiger partial charge in [0.15, 0.2) is 0 Å². The molecule has 1 atom stereocenters. The average molecular weight is 560 g/mol. The topological polar surface area (TPSA) is 86.8 Å². The van der Waals surface area contributed by atoms with Crippen LogP contribution in [0.4, 0.5) is 10.1 Å². The fraction of sp³-hybridized carbons (Fsp3) is 0.286. The van der Waals surface area contributed by atoms with Gasteiger partial charge < -0.3 is 10.2 Å². The van der Waals surface area contributed by atoms with Gasteiger partial charge in [0.25, 0.3) is 10.0 Å². The summed E-state index contributed by atoms with van der Waals surface area (Å²) in [5.74, 6) is -1.65. The summed E-state index contributed by atoms with van der Waals surface area (Å²) in [6.07, 6.45) is 0. The van der Waals surface area contributed by atoms with Crippen LogP contribution in [0.2, 0.25) is 5.02 Å². The predicted octanol–water partition coefficient (Wildman–Crippen LogP) is 4.92. The van der Waals surface area contributed by atoms with E-state index in [0.717, 1.165) is 9.87 Å². The molecule has 0 radical (unpaired) electrons. The molecule has 0 aliphatic rings. The summed E-state index contributed by atoms with van der Waals surface area (Å²) in [5.41, 5.74) is 1.29. The lowest BCUT2D eigenvalue weighted by Crippen LogP contribution is -2.52. The largest absolute Gasteiger partial charge is 0.352 e. The minimum absolute atomic E-state index is 0.00268. The molecule has 0 aromatic heterocycles. The van der Waals surface area contributed by atoms with Crippen molar-refractivity contribution in [2.24, 2.45) is 0 Å². The van der Waals surface area contributed by atoms with E-state index >= 15 is 0 Å².